The molecule has 0 aromatic heterocycles. The molecule has 0 radical (unpaired) electrons. The highest BCUT2D eigenvalue weighted by Crippen LogP contribution is 2.45. The van der Waals surface area contributed by atoms with Crippen LogP contribution < -0.4 is 10.6 Å². The van der Waals surface area contributed by atoms with Crippen molar-refractivity contribution in [3.05, 3.63) is 47.8 Å². The Morgan fingerprint density at radius 1 is 1.10 bits per heavy atom. The number of alkyl carbamates (subject to hydrolysis) is 1. The van der Waals surface area contributed by atoms with Crippen LogP contribution in [0.1, 0.15) is 75.6 Å². The molecule has 0 bridgehead atoms. The zero-order valence-corrected chi connectivity index (χ0v) is 23.4. The number of fused-ring (bicyclic) bond motifs is 2. The fourth-order valence-electron chi connectivity index (χ4n) is 5.64. The van der Waals surface area contributed by atoms with Crippen LogP contribution in [0.4, 0.5) is 9.18 Å². The summed E-state index contributed by atoms with van der Waals surface area (Å²) in [6, 6.07) is 3.11. The first-order chi connectivity index (χ1) is 19.5. The maximum Gasteiger partial charge on any atom is 0.408 e. The molecule has 1 aromatic rings. The van der Waals surface area contributed by atoms with Gasteiger partial charge in [0.25, 0.3) is 0 Å². The number of carbonyl (C=O) groups excluding carboxylic acids is 4. The van der Waals surface area contributed by atoms with Crippen molar-refractivity contribution in [1.29, 1.82) is 0 Å². The number of ether oxygens (including phenoxy) is 1. The second kappa shape index (κ2) is 12.8. The Kier molecular flexibility index (Phi) is 9.45. The number of allylic oxidation sites excluding steroid dienone is 1. The first-order valence-corrected chi connectivity index (χ1v) is 14.3. The average molecular weight is 572 g/mol. The lowest BCUT2D eigenvalue weighted by molar-refractivity contribution is -0.145. The van der Waals surface area contributed by atoms with Crippen LogP contribution in [0.5, 0.6) is 0 Å². The molecular formula is C30H38FN3O7. The van der Waals surface area contributed by atoms with E-state index in [9.17, 15) is 33.5 Å². The molecule has 3 amide bonds. The number of ketones is 1. The quantitative estimate of drug-likeness (QED) is 0.350. The minimum absolute atomic E-state index is 0.194. The molecule has 10 nitrogen and oxygen atoms in total. The standard InChI is InChI=1S/C30H38FN3O7/c1-18(2)25(24(35)19-12-14-21(31)15-13-19)41-29(40)32-22-10-7-5-3-4-6-9-20-17-30(20,28(38)39)33-26(36)23-11-8-16-34(23)27(22)37/h6,9,12-15,18,20,22-23,25H,3-5,7-8,10-11,16-17H2,1-2H3,(H,32,40)(H,33,36)(H,38,39)/b9-6-/t20?,22-,23-,25-,30+/m0/s1. The molecule has 3 N–H and O–H groups in total. The van der Waals surface area contributed by atoms with Crippen LogP contribution in [-0.4, -0.2) is 69.9 Å². The molecule has 1 aromatic carbocycles. The minimum atomic E-state index is -1.37. The molecule has 11 heteroatoms. The van der Waals surface area contributed by atoms with Crippen molar-refractivity contribution < 1.29 is 38.2 Å². The molecule has 222 valence electrons. The maximum absolute atomic E-state index is 13.7. The van der Waals surface area contributed by atoms with E-state index in [0.717, 1.165) is 31.4 Å². The number of Topliss-reactive ketones (excluding diaryl/α,β-unsaturated/α-hetero) is 1. The first-order valence-electron chi connectivity index (χ1n) is 14.3. The number of rotatable bonds is 6. The fraction of sp³-hybridized carbons (Fsp3) is 0.567. The summed E-state index contributed by atoms with van der Waals surface area (Å²) < 4.78 is 18.8. The molecule has 0 spiro atoms. The number of aliphatic carboxylic acids is 1. The molecule has 2 heterocycles. The van der Waals surface area contributed by atoms with Gasteiger partial charge in [0, 0.05) is 18.0 Å². The van der Waals surface area contributed by atoms with Crippen molar-refractivity contribution in [3.8, 4) is 0 Å². The first kappa shape index (κ1) is 30.2. The van der Waals surface area contributed by atoms with Gasteiger partial charge in [-0.15, -0.1) is 0 Å². The second-order valence-corrected chi connectivity index (χ2v) is 11.5. The van der Waals surface area contributed by atoms with Crippen LogP contribution in [0.15, 0.2) is 36.4 Å². The molecule has 4 rings (SSSR count). The number of benzene rings is 1. The lowest BCUT2D eigenvalue weighted by Gasteiger charge is -2.30. The average Bonchev–Trinajstić information content (AvgIpc) is 3.40. The highest BCUT2D eigenvalue weighted by Gasteiger charge is 2.61. The monoisotopic (exact) mass is 571 g/mol. The Balaban J connectivity index is 1.49. The summed E-state index contributed by atoms with van der Waals surface area (Å²) in [5.74, 6) is -3.74. The zero-order valence-electron chi connectivity index (χ0n) is 23.4. The second-order valence-electron chi connectivity index (χ2n) is 11.5. The van der Waals surface area contributed by atoms with Crippen molar-refractivity contribution in [1.82, 2.24) is 15.5 Å². The van der Waals surface area contributed by atoms with Crippen molar-refractivity contribution in [2.45, 2.75) is 88.9 Å². The van der Waals surface area contributed by atoms with Crippen LogP contribution >= 0.6 is 0 Å². The number of hydrogen-bond acceptors (Lipinski definition) is 6. The van der Waals surface area contributed by atoms with Crippen molar-refractivity contribution in [2.24, 2.45) is 11.8 Å². The van der Waals surface area contributed by atoms with E-state index in [0.29, 0.717) is 38.6 Å². The van der Waals surface area contributed by atoms with E-state index in [2.05, 4.69) is 10.6 Å². The summed E-state index contributed by atoms with van der Waals surface area (Å²) in [5, 5.41) is 15.2. The van der Waals surface area contributed by atoms with Gasteiger partial charge in [0.1, 0.15) is 23.4 Å². The molecular weight excluding hydrogens is 533 g/mol. The Labute approximate surface area is 238 Å². The summed E-state index contributed by atoms with van der Waals surface area (Å²) in [6.07, 6.45) is 6.18. The van der Waals surface area contributed by atoms with E-state index in [1.54, 1.807) is 13.8 Å². The lowest BCUT2D eigenvalue weighted by Crippen LogP contribution is -2.56. The van der Waals surface area contributed by atoms with Crippen molar-refractivity contribution in [2.75, 3.05) is 6.54 Å². The Bertz CT molecular complexity index is 1200. The Morgan fingerprint density at radius 3 is 2.51 bits per heavy atom. The molecule has 5 atom stereocenters. The highest BCUT2D eigenvalue weighted by molar-refractivity contribution is 6.01. The topological polar surface area (TPSA) is 142 Å². The van der Waals surface area contributed by atoms with E-state index in [4.69, 9.17) is 4.74 Å². The largest absolute Gasteiger partial charge is 0.479 e. The van der Waals surface area contributed by atoms with Crippen LogP contribution in [-0.2, 0) is 19.1 Å². The number of carboxylic acids is 1. The predicted molar refractivity (Wildman–Crippen MR) is 146 cm³/mol. The van der Waals surface area contributed by atoms with Crippen LogP contribution in [0.25, 0.3) is 0 Å². The lowest BCUT2D eigenvalue weighted by atomic mass is 9.97. The molecule has 1 saturated heterocycles. The summed E-state index contributed by atoms with van der Waals surface area (Å²) in [7, 11) is 0. The molecule has 1 saturated carbocycles. The van der Waals surface area contributed by atoms with Gasteiger partial charge in [0.05, 0.1) is 0 Å². The van der Waals surface area contributed by atoms with Crippen molar-refractivity contribution >= 4 is 29.7 Å². The van der Waals surface area contributed by atoms with Gasteiger partial charge < -0.3 is 25.4 Å². The third-order valence-electron chi connectivity index (χ3n) is 8.13. The predicted octanol–water partition coefficient (Wildman–Crippen LogP) is 3.60. The summed E-state index contributed by atoms with van der Waals surface area (Å²) >= 11 is 0. The van der Waals surface area contributed by atoms with Gasteiger partial charge in [-0.3, -0.25) is 14.4 Å². The number of carboxylic acid groups (broad SMARTS) is 1. The fourth-order valence-corrected chi connectivity index (χ4v) is 5.64. The Hall–Kier alpha value is -3.76. The minimum Gasteiger partial charge on any atom is -0.479 e. The molecule has 41 heavy (non-hydrogen) atoms. The summed E-state index contributed by atoms with van der Waals surface area (Å²) in [5.41, 5.74) is -1.17. The van der Waals surface area contributed by atoms with E-state index < -0.39 is 65.1 Å². The number of hydrogen-bond donors (Lipinski definition) is 3. The summed E-state index contributed by atoms with van der Waals surface area (Å²) in [6.45, 7) is 3.72. The third kappa shape index (κ3) is 6.94. The van der Waals surface area contributed by atoms with E-state index in [-0.39, 0.29) is 11.5 Å². The van der Waals surface area contributed by atoms with Gasteiger partial charge >= 0.3 is 12.1 Å². The maximum atomic E-state index is 13.7. The van der Waals surface area contributed by atoms with Gasteiger partial charge in [-0.2, -0.15) is 0 Å². The normalized spacial score (nSPS) is 28.3. The van der Waals surface area contributed by atoms with E-state index in [1.807, 2.05) is 12.2 Å². The van der Waals surface area contributed by atoms with E-state index >= 15 is 0 Å². The van der Waals surface area contributed by atoms with Gasteiger partial charge in [0.2, 0.25) is 17.6 Å². The summed E-state index contributed by atoms with van der Waals surface area (Å²) in [4.78, 5) is 66.5. The van der Waals surface area contributed by atoms with Crippen LogP contribution in [0.2, 0.25) is 0 Å². The number of amides is 3. The highest BCUT2D eigenvalue weighted by atomic mass is 19.1. The number of carbonyl (C=O) groups is 5. The van der Waals surface area contributed by atoms with E-state index in [1.165, 1.54) is 17.0 Å². The van der Waals surface area contributed by atoms with Gasteiger partial charge in [-0.1, -0.05) is 38.8 Å². The molecule has 2 aliphatic heterocycles. The number of nitrogens with one attached hydrogen (secondary N) is 2. The number of halogens is 1. The molecule has 3 aliphatic rings. The van der Waals surface area contributed by atoms with Gasteiger partial charge in [-0.05, 0) is 68.7 Å². The Morgan fingerprint density at radius 2 is 1.83 bits per heavy atom. The smallest absolute Gasteiger partial charge is 0.408 e. The molecule has 1 aliphatic carbocycles. The zero-order chi connectivity index (χ0) is 29.7. The molecule has 2 fully saturated rings. The molecule has 1 unspecified atom stereocenters. The van der Waals surface area contributed by atoms with Crippen molar-refractivity contribution in [3.63, 3.8) is 0 Å². The van der Waals surface area contributed by atoms with Gasteiger partial charge in [-0.25, -0.2) is 14.0 Å². The third-order valence-corrected chi connectivity index (χ3v) is 8.13. The van der Waals surface area contributed by atoms with Crippen LogP contribution in [0, 0.1) is 17.7 Å². The van der Waals surface area contributed by atoms with Crippen LogP contribution in [0.3, 0.4) is 0 Å². The SMILES string of the molecule is CC(C)[C@H](OC(=O)N[C@H]1CCCCC/C=C\C2C[C@@]2(C(=O)O)NC(=O)[C@@H]2CCCN2C1=O)C(=O)c1ccc(F)cc1. The van der Waals surface area contributed by atoms with Gasteiger partial charge in [0.15, 0.2) is 6.10 Å². The number of nitrogens with zero attached hydrogens (tertiary/aromatic N) is 1.